The van der Waals surface area contributed by atoms with Crippen molar-refractivity contribution in [3.63, 3.8) is 0 Å². The van der Waals surface area contributed by atoms with E-state index in [0.717, 1.165) is 0 Å². The molecule has 2 aromatic rings. The molecule has 0 saturated carbocycles. The molecule has 1 fully saturated rings. The van der Waals surface area contributed by atoms with E-state index >= 15 is 0 Å². The van der Waals surface area contributed by atoms with Gasteiger partial charge >= 0.3 is 10.2 Å². The van der Waals surface area contributed by atoms with Gasteiger partial charge in [0.25, 0.3) is 0 Å². The molecular formula is C17H14FNO4S. The Hall–Kier alpha value is -2.54. The van der Waals surface area contributed by atoms with E-state index in [2.05, 4.69) is 0 Å². The molecule has 24 heavy (non-hydrogen) atoms. The minimum absolute atomic E-state index is 0.154. The van der Waals surface area contributed by atoms with E-state index in [1.165, 1.54) is 4.90 Å². The van der Waals surface area contributed by atoms with E-state index in [1.807, 2.05) is 6.07 Å². The van der Waals surface area contributed by atoms with Gasteiger partial charge in [0.15, 0.2) is 5.78 Å². The number of amides is 1. The Morgan fingerprint density at radius 3 is 2.12 bits per heavy atom. The number of rotatable bonds is 4. The average molecular weight is 347 g/mol. The molecule has 0 spiro atoms. The topological polar surface area (TPSA) is 71.5 Å². The standard InChI is InChI=1S/C17H14FNO4S/c18-24(22,23)15-10-16(20)19(11-15)14-8-6-13(7-9-14)17(21)12-4-2-1-3-5-12/h1-9,15H,10-11H2. The van der Waals surface area contributed by atoms with Crippen LogP contribution in [0.25, 0.3) is 0 Å². The Bertz CT molecular complexity index is 879. The lowest BCUT2D eigenvalue weighted by atomic mass is 10.0. The summed E-state index contributed by atoms with van der Waals surface area (Å²) in [5.41, 5.74) is 1.44. The highest BCUT2D eigenvalue weighted by molar-refractivity contribution is 7.87. The second-order valence-corrected chi connectivity index (χ2v) is 7.17. The second-order valence-electron chi connectivity index (χ2n) is 5.55. The summed E-state index contributed by atoms with van der Waals surface area (Å²) < 4.78 is 35.0. The molecule has 1 aliphatic rings. The predicted molar refractivity (Wildman–Crippen MR) is 87.1 cm³/mol. The van der Waals surface area contributed by atoms with Gasteiger partial charge in [-0.25, -0.2) is 0 Å². The first-order chi connectivity index (χ1) is 11.4. The van der Waals surface area contributed by atoms with Crippen molar-refractivity contribution in [1.29, 1.82) is 0 Å². The first-order valence-corrected chi connectivity index (χ1v) is 8.74. The number of benzene rings is 2. The Morgan fingerprint density at radius 2 is 1.58 bits per heavy atom. The number of anilines is 1. The zero-order valence-corrected chi connectivity index (χ0v) is 13.4. The van der Waals surface area contributed by atoms with Crippen LogP contribution in [0.15, 0.2) is 54.6 Å². The molecule has 1 aliphatic heterocycles. The highest BCUT2D eigenvalue weighted by Gasteiger charge is 2.39. The van der Waals surface area contributed by atoms with Crippen molar-refractivity contribution in [3.8, 4) is 0 Å². The first kappa shape index (κ1) is 16.3. The molecule has 0 radical (unpaired) electrons. The molecule has 7 heteroatoms. The smallest absolute Gasteiger partial charge is 0.307 e. The van der Waals surface area contributed by atoms with Crippen LogP contribution in [0.5, 0.6) is 0 Å². The lowest BCUT2D eigenvalue weighted by Crippen LogP contribution is -2.26. The SMILES string of the molecule is O=C(c1ccccc1)c1ccc(N2CC(S(=O)(=O)F)CC2=O)cc1. The Morgan fingerprint density at radius 1 is 1.00 bits per heavy atom. The van der Waals surface area contributed by atoms with E-state index in [9.17, 15) is 21.9 Å². The van der Waals surface area contributed by atoms with Gasteiger partial charge in [-0.1, -0.05) is 30.3 Å². The summed E-state index contributed by atoms with van der Waals surface area (Å²) in [5.74, 6) is -0.609. The van der Waals surface area contributed by atoms with Gasteiger partial charge in [-0.2, -0.15) is 8.42 Å². The first-order valence-electron chi connectivity index (χ1n) is 7.30. The molecule has 1 saturated heterocycles. The predicted octanol–water partition coefficient (Wildman–Crippen LogP) is 2.32. The van der Waals surface area contributed by atoms with E-state index < -0.39 is 21.4 Å². The molecular weight excluding hydrogens is 333 g/mol. The van der Waals surface area contributed by atoms with Crippen LogP contribution < -0.4 is 4.90 Å². The molecule has 0 aromatic heterocycles. The molecule has 1 heterocycles. The third-order valence-corrected chi connectivity index (χ3v) is 5.08. The highest BCUT2D eigenvalue weighted by Crippen LogP contribution is 2.26. The monoisotopic (exact) mass is 347 g/mol. The summed E-state index contributed by atoms with van der Waals surface area (Å²) in [7, 11) is -4.75. The second kappa shape index (κ2) is 6.16. The van der Waals surface area contributed by atoms with Gasteiger partial charge in [0.05, 0.1) is 0 Å². The molecule has 0 bridgehead atoms. The fourth-order valence-corrected chi connectivity index (χ4v) is 3.33. The summed E-state index contributed by atoms with van der Waals surface area (Å²) in [6, 6.07) is 15.0. The van der Waals surface area contributed by atoms with E-state index in [4.69, 9.17) is 0 Å². The molecule has 0 aliphatic carbocycles. The van der Waals surface area contributed by atoms with Crippen LogP contribution >= 0.6 is 0 Å². The normalized spacial score (nSPS) is 18.0. The van der Waals surface area contributed by atoms with Gasteiger partial charge in [-0.05, 0) is 24.3 Å². The largest absolute Gasteiger partial charge is 0.311 e. The molecule has 124 valence electrons. The fourth-order valence-electron chi connectivity index (χ4n) is 2.66. The van der Waals surface area contributed by atoms with Gasteiger partial charge in [-0.3, -0.25) is 9.59 Å². The van der Waals surface area contributed by atoms with Crippen LogP contribution in [-0.4, -0.2) is 31.9 Å². The third-order valence-electron chi connectivity index (χ3n) is 3.96. The Labute approximate surface area is 138 Å². The lowest BCUT2D eigenvalue weighted by Gasteiger charge is -2.16. The summed E-state index contributed by atoms with van der Waals surface area (Å²) >= 11 is 0. The number of carbonyl (C=O) groups is 2. The minimum atomic E-state index is -4.75. The summed E-state index contributed by atoms with van der Waals surface area (Å²) in [4.78, 5) is 25.4. The van der Waals surface area contributed by atoms with Crippen molar-refractivity contribution in [3.05, 3.63) is 65.7 Å². The number of nitrogens with zero attached hydrogens (tertiary/aromatic N) is 1. The maximum absolute atomic E-state index is 13.1. The van der Waals surface area contributed by atoms with Crippen molar-refractivity contribution in [1.82, 2.24) is 0 Å². The van der Waals surface area contributed by atoms with Crippen molar-refractivity contribution in [2.24, 2.45) is 0 Å². The molecule has 5 nitrogen and oxygen atoms in total. The summed E-state index contributed by atoms with van der Waals surface area (Å²) in [5, 5.41) is -1.34. The van der Waals surface area contributed by atoms with Crippen LogP contribution in [0.1, 0.15) is 22.3 Å². The van der Waals surface area contributed by atoms with Gasteiger partial charge < -0.3 is 4.90 Å². The molecule has 2 aromatic carbocycles. The highest BCUT2D eigenvalue weighted by atomic mass is 32.3. The van der Waals surface area contributed by atoms with Gasteiger partial charge in [0.1, 0.15) is 5.25 Å². The molecule has 1 atom stereocenters. The molecule has 0 N–H and O–H groups in total. The number of hydrogen-bond acceptors (Lipinski definition) is 4. The van der Waals surface area contributed by atoms with Gasteiger partial charge in [-0.15, -0.1) is 3.89 Å². The minimum Gasteiger partial charge on any atom is -0.311 e. The van der Waals surface area contributed by atoms with Gasteiger partial charge in [0.2, 0.25) is 5.91 Å². The van der Waals surface area contributed by atoms with E-state index in [-0.39, 0.29) is 18.7 Å². The van der Waals surface area contributed by atoms with Crippen LogP contribution in [0, 0.1) is 0 Å². The zero-order valence-electron chi connectivity index (χ0n) is 12.6. The van der Waals surface area contributed by atoms with E-state index in [1.54, 1.807) is 48.5 Å². The number of ketones is 1. The van der Waals surface area contributed by atoms with Crippen LogP contribution in [0.4, 0.5) is 9.57 Å². The maximum atomic E-state index is 13.1. The van der Waals surface area contributed by atoms with Gasteiger partial charge in [0, 0.05) is 29.8 Å². The van der Waals surface area contributed by atoms with Crippen LogP contribution in [-0.2, 0) is 15.0 Å². The fraction of sp³-hybridized carbons (Fsp3) is 0.176. The van der Waals surface area contributed by atoms with Crippen LogP contribution in [0.2, 0.25) is 0 Å². The zero-order chi connectivity index (χ0) is 17.3. The number of carbonyl (C=O) groups excluding carboxylic acids is 2. The Balaban J connectivity index is 1.80. The van der Waals surface area contributed by atoms with Crippen molar-refractivity contribution in [2.75, 3.05) is 11.4 Å². The quantitative estimate of drug-likeness (QED) is 0.629. The van der Waals surface area contributed by atoms with Crippen LogP contribution in [0.3, 0.4) is 0 Å². The summed E-state index contributed by atoms with van der Waals surface area (Å²) in [6.07, 6.45) is -0.371. The lowest BCUT2D eigenvalue weighted by molar-refractivity contribution is -0.117. The van der Waals surface area contributed by atoms with Crippen molar-refractivity contribution < 1.29 is 21.9 Å². The maximum Gasteiger partial charge on any atom is 0.307 e. The number of hydrogen-bond donors (Lipinski definition) is 0. The Kier molecular flexibility index (Phi) is 4.19. The van der Waals surface area contributed by atoms with Crippen molar-refractivity contribution >= 4 is 27.6 Å². The molecule has 1 amide bonds. The average Bonchev–Trinajstić information content (AvgIpc) is 2.97. The molecule has 3 rings (SSSR count). The van der Waals surface area contributed by atoms with Crippen molar-refractivity contribution in [2.45, 2.75) is 11.7 Å². The summed E-state index contributed by atoms with van der Waals surface area (Å²) in [6.45, 7) is -0.219. The molecule has 1 unspecified atom stereocenters. The number of halogens is 1. The third kappa shape index (κ3) is 3.21. The van der Waals surface area contributed by atoms with E-state index in [0.29, 0.717) is 16.8 Å².